The van der Waals surface area contributed by atoms with Gasteiger partial charge >= 0.3 is 0 Å². The van der Waals surface area contributed by atoms with Gasteiger partial charge in [0.05, 0.1) is 12.5 Å². The lowest BCUT2D eigenvalue weighted by molar-refractivity contribution is -0.133. The van der Waals surface area contributed by atoms with E-state index in [1.807, 2.05) is 4.90 Å². The molecule has 15 heavy (non-hydrogen) atoms. The van der Waals surface area contributed by atoms with E-state index in [1.165, 1.54) is 0 Å². The molecule has 0 aromatic carbocycles. The molecule has 0 aromatic rings. The van der Waals surface area contributed by atoms with E-state index in [1.54, 1.807) is 0 Å². The molecule has 2 aliphatic rings. The van der Waals surface area contributed by atoms with Crippen LogP contribution in [0, 0.1) is 5.92 Å². The van der Waals surface area contributed by atoms with Crippen LogP contribution < -0.4 is 10.6 Å². The summed E-state index contributed by atoms with van der Waals surface area (Å²) in [6.45, 7) is 3.34. The van der Waals surface area contributed by atoms with Crippen molar-refractivity contribution in [2.45, 2.75) is 12.8 Å². The maximum Gasteiger partial charge on any atom is 0.241 e. The number of likely N-dealkylation sites (tertiary alicyclic amines) is 1. The lowest BCUT2D eigenvalue weighted by Gasteiger charge is -2.26. The highest BCUT2D eigenvalue weighted by atomic mass is 16.2. The Hall–Kier alpha value is -1.10. The highest BCUT2D eigenvalue weighted by Gasteiger charge is 2.25. The third-order valence-electron chi connectivity index (χ3n) is 3.02. The van der Waals surface area contributed by atoms with Gasteiger partial charge in [-0.1, -0.05) is 0 Å². The summed E-state index contributed by atoms with van der Waals surface area (Å²) >= 11 is 0. The lowest BCUT2D eigenvalue weighted by Crippen LogP contribution is -2.52. The Bertz CT molecular complexity index is 257. The van der Waals surface area contributed by atoms with Crippen LogP contribution in [0.15, 0.2) is 0 Å². The summed E-state index contributed by atoms with van der Waals surface area (Å²) in [7, 11) is 0. The summed E-state index contributed by atoms with van der Waals surface area (Å²) in [6.07, 6.45) is 2.18. The zero-order valence-electron chi connectivity index (χ0n) is 8.79. The van der Waals surface area contributed by atoms with Crippen LogP contribution >= 0.6 is 0 Å². The maximum atomic E-state index is 11.6. The molecular formula is C10H17N3O2. The van der Waals surface area contributed by atoms with Crippen LogP contribution in [-0.4, -0.2) is 49.4 Å². The first-order valence-corrected chi connectivity index (χ1v) is 5.53. The van der Waals surface area contributed by atoms with E-state index in [9.17, 15) is 9.59 Å². The Labute approximate surface area is 89.2 Å². The minimum atomic E-state index is 0.00120. The van der Waals surface area contributed by atoms with Crippen molar-refractivity contribution in [1.29, 1.82) is 0 Å². The third kappa shape index (κ3) is 2.47. The van der Waals surface area contributed by atoms with E-state index in [2.05, 4.69) is 10.6 Å². The molecule has 0 aliphatic carbocycles. The van der Waals surface area contributed by atoms with Gasteiger partial charge in [0.2, 0.25) is 11.8 Å². The largest absolute Gasteiger partial charge is 0.347 e. The molecule has 84 valence electrons. The second-order valence-corrected chi connectivity index (χ2v) is 4.16. The van der Waals surface area contributed by atoms with Gasteiger partial charge < -0.3 is 15.5 Å². The number of hydrogen-bond donors (Lipinski definition) is 2. The van der Waals surface area contributed by atoms with Gasteiger partial charge in [0, 0.05) is 26.2 Å². The number of rotatable bonds is 3. The fraction of sp³-hybridized carbons (Fsp3) is 0.800. The second-order valence-electron chi connectivity index (χ2n) is 4.16. The molecule has 2 rings (SSSR count). The van der Waals surface area contributed by atoms with Crippen LogP contribution in [0.4, 0.5) is 0 Å². The molecule has 2 saturated heterocycles. The minimum absolute atomic E-state index is 0.00120. The molecule has 0 bridgehead atoms. The van der Waals surface area contributed by atoms with Crippen molar-refractivity contribution >= 4 is 11.8 Å². The van der Waals surface area contributed by atoms with Crippen LogP contribution in [0.25, 0.3) is 0 Å². The molecule has 0 atom stereocenters. The molecular weight excluding hydrogens is 194 g/mol. The quantitative estimate of drug-likeness (QED) is 0.626. The Balaban J connectivity index is 1.67. The van der Waals surface area contributed by atoms with Crippen molar-refractivity contribution in [3.63, 3.8) is 0 Å². The highest BCUT2D eigenvalue weighted by molar-refractivity contribution is 5.86. The minimum Gasteiger partial charge on any atom is -0.347 e. The molecule has 0 radical (unpaired) electrons. The number of amides is 2. The topological polar surface area (TPSA) is 61.4 Å². The molecule has 0 aromatic heterocycles. The molecule has 0 saturated carbocycles. The Morgan fingerprint density at radius 2 is 1.93 bits per heavy atom. The molecule has 2 heterocycles. The number of carbonyl (C=O) groups excluding carboxylic acids is 2. The van der Waals surface area contributed by atoms with Crippen molar-refractivity contribution in [1.82, 2.24) is 15.5 Å². The van der Waals surface area contributed by atoms with Gasteiger partial charge in [-0.05, 0) is 12.8 Å². The SMILES string of the molecule is O=C(NCC(=O)N1CCCC1)C1CNC1. The number of hydrogen-bond acceptors (Lipinski definition) is 3. The maximum absolute atomic E-state index is 11.6. The zero-order chi connectivity index (χ0) is 10.7. The van der Waals surface area contributed by atoms with E-state index in [0.29, 0.717) is 0 Å². The summed E-state index contributed by atoms with van der Waals surface area (Å²) in [4.78, 5) is 24.8. The molecule has 0 unspecified atom stereocenters. The van der Waals surface area contributed by atoms with Gasteiger partial charge in [-0.2, -0.15) is 0 Å². The normalized spacial score (nSPS) is 21.2. The summed E-state index contributed by atoms with van der Waals surface area (Å²) in [5.41, 5.74) is 0. The smallest absolute Gasteiger partial charge is 0.241 e. The number of nitrogens with zero attached hydrogens (tertiary/aromatic N) is 1. The molecule has 5 heteroatoms. The van der Waals surface area contributed by atoms with Crippen LogP contribution in [-0.2, 0) is 9.59 Å². The van der Waals surface area contributed by atoms with Crippen LogP contribution in [0.1, 0.15) is 12.8 Å². The first-order valence-electron chi connectivity index (χ1n) is 5.53. The molecule has 2 amide bonds. The van der Waals surface area contributed by atoms with Crippen molar-refractivity contribution in [3.8, 4) is 0 Å². The van der Waals surface area contributed by atoms with Crippen molar-refractivity contribution in [3.05, 3.63) is 0 Å². The third-order valence-corrected chi connectivity index (χ3v) is 3.02. The average Bonchev–Trinajstić information content (AvgIpc) is 2.63. The van der Waals surface area contributed by atoms with Gasteiger partial charge in [0.15, 0.2) is 0 Å². The first-order chi connectivity index (χ1) is 7.27. The van der Waals surface area contributed by atoms with Crippen molar-refractivity contribution in [2.24, 2.45) is 5.92 Å². The summed E-state index contributed by atoms with van der Waals surface area (Å²) in [6, 6.07) is 0. The first kappa shape index (κ1) is 10.4. The molecule has 2 fully saturated rings. The van der Waals surface area contributed by atoms with Gasteiger partial charge in [-0.15, -0.1) is 0 Å². The second kappa shape index (κ2) is 4.61. The van der Waals surface area contributed by atoms with Crippen LogP contribution in [0.3, 0.4) is 0 Å². The van der Waals surface area contributed by atoms with Gasteiger partial charge in [0.1, 0.15) is 0 Å². The van der Waals surface area contributed by atoms with E-state index in [0.717, 1.165) is 39.0 Å². The van der Waals surface area contributed by atoms with Gasteiger partial charge in [0.25, 0.3) is 0 Å². The van der Waals surface area contributed by atoms with E-state index in [-0.39, 0.29) is 24.3 Å². The summed E-state index contributed by atoms with van der Waals surface area (Å²) in [5, 5.41) is 5.72. The number of nitrogens with one attached hydrogen (secondary N) is 2. The van der Waals surface area contributed by atoms with E-state index < -0.39 is 0 Å². The van der Waals surface area contributed by atoms with Crippen molar-refractivity contribution < 1.29 is 9.59 Å². The Morgan fingerprint density at radius 3 is 2.47 bits per heavy atom. The van der Waals surface area contributed by atoms with Gasteiger partial charge in [-0.3, -0.25) is 9.59 Å². The Morgan fingerprint density at radius 1 is 1.27 bits per heavy atom. The van der Waals surface area contributed by atoms with Crippen LogP contribution in [0.2, 0.25) is 0 Å². The summed E-state index contributed by atoms with van der Waals surface area (Å²) in [5.74, 6) is 0.116. The highest BCUT2D eigenvalue weighted by Crippen LogP contribution is 2.07. The Kier molecular flexibility index (Phi) is 3.20. The van der Waals surface area contributed by atoms with E-state index >= 15 is 0 Å². The van der Waals surface area contributed by atoms with Crippen molar-refractivity contribution in [2.75, 3.05) is 32.7 Å². The molecule has 2 N–H and O–H groups in total. The monoisotopic (exact) mass is 211 g/mol. The molecule has 2 aliphatic heterocycles. The van der Waals surface area contributed by atoms with Crippen LogP contribution in [0.5, 0.6) is 0 Å². The standard InChI is InChI=1S/C10H17N3O2/c14-9(13-3-1-2-4-13)7-12-10(15)8-5-11-6-8/h8,11H,1-7H2,(H,12,15). The summed E-state index contributed by atoms with van der Waals surface area (Å²) < 4.78 is 0. The predicted molar refractivity (Wildman–Crippen MR) is 55.2 cm³/mol. The number of carbonyl (C=O) groups is 2. The predicted octanol–water partition coefficient (Wildman–Crippen LogP) is -1.06. The van der Waals surface area contributed by atoms with E-state index in [4.69, 9.17) is 0 Å². The average molecular weight is 211 g/mol. The van der Waals surface area contributed by atoms with Gasteiger partial charge in [-0.25, -0.2) is 0 Å². The molecule has 0 spiro atoms. The molecule has 5 nitrogen and oxygen atoms in total. The zero-order valence-corrected chi connectivity index (χ0v) is 8.79. The fourth-order valence-electron chi connectivity index (χ4n) is 1.86. The fourth-order valence-corrected chi connectivity index (χ4v) is 1.86. The lowest BCUT2D eigenvalue weighted by atomic mass is 10.0.